The summed E-state index contributed by atoms with van der Waals surface area (Å²) in [4.78, 5) is 0. The molecule has 2 aromatic rings. The predicted octanol–water partition coefficient (Wildman–Crippen LogP) is 4.77. The van der Waals surface area contributed by atoms with Gasteiger partial charge in [0.2, 0.25) is 0 Å². The minimum atomic E-state index is 0.192. The SMILES string of the molecule is CCNC(c1ccc(OC)c(C)c1)c1cc(Br)ccc1C. The molecule has 1 N–H and O–H groups in total. The van der Waals surface area contributed by atoms with Gasteiger partial charge in [0.05, 0.1) is 13.2 Å². The van der Waals surface area contributed by atoms with E-state index in [1.165, 1.54) is 16.7 Å². The van der Waals surface area contributed by atoms with Gasteiger partial charge in [0.1, 0.15) is 5.75 Å². The molecular weight excluding hydrogens is 326 g/mol. The van der Waals surface area contributed by atoms with E-state index in [1.807, 2.05) is 6.07 Å². The molecule has 0 heterocycles. The number of benzene rings is 2. The van der Waals surface area contributed by atoms with Gasteiger partial charge in [0.25, 0.3) is 0 Å². The Morgan fingerprint density at radius 2 is 1.86 bits per heavy atom. The molecule has 0 amide bonds. The smallest absolute Gasteiger partial charge is 0.121 e. The van der Waals surface area contributed by atoms with Gasteiger partial charge in [-0.05, 0) is 60.8 Å². The molecule has 0 saturated heterocycles. The molecule has 0 aliphatic carbocycles. The van der Waals surface area contributed by atoms with E-state index in [4.69, 9.17) is 4.74 Å². The molecule has 0 aliphatic heterocycles. The molecule has 0 bridgehead atoms. The largest absolute Gasteiger partial charge is 0.496 e. The maximum absolute atomic E-state index is 5.36. The summed E-state index contributed by atoms with van der Waals surface area (Å²) in [5, 5.41) is 3.59. The third-order valence-electron chi connectivity index (χ3n) is 3.71. The van der Waals surface area contributed by atoms with Crippen LogP contribution >= 0.6 is 15.9 Å². The lowest BCUT2D eigenvalue weighted by molar-refractivity contribution is 0.411. The zero-order valence-corrected chi connectivity index (χ0v) is 14.6. The molecule has 1 atom stereocenters. The molecule has 0 radical (unpaired) electrons. The minimum absolute atomic E-state index is 0.192. The lowest BCUT2D eigenvalue weighted by Gasteiger charge is -2.22. The minimum Gasteiger partial charge on any atom is -0.496 e. The average Bonchev–Trinajstić information content (AvgIpc) is 2.47. The normalized spacial score (nSPS) is 12.2. The molecule has 2 aromatic carbocycles. The summed E-state index contributed by atoms with van der Waals surface area (Å²) in [6, 6.07) is 13.0. The average molecular weight is 348 g/mol. The zero-order valence-electron chi connectivity index (χ0n) is 13.0. The zero-order chi connectivity index (χ0) is 15.4. The standard InChI is InChI=1S/C18H22BrNO/c1-5-20-18(16-11-15(19)8-6-12(16)2)14-7-9-17(21-4)13(3)10-14/h6-11,18,20H,5H2,1-4H3. The molecule has 0 fully saturated rings. The number of hydrogen-bond acceptors (Lipinski definition) is 2. The van der Waals surface area contributed by atoms with E-state index in [0.29, 0.717) is 0 Å². The van der Waals surface area contributed by atoms with Gasteiger partial charge >= 0.3 is 0 Å². The summed E-state index contributed by atoms with van der Waals surface area (Å²) in [5.41, 5.74) is 5.01. The van der Waals surface area contributed by atoms with Crippen LogP contribution in [0.25, 0.3) is 0 Å². The third-order valence-corrected chi connectivity index (χ3v) is 4.21. The van der Waals surface area contributed by atoms with Crippen LogP contribution in [0.5, 0.6) is 5.75 Å². The summed E-state index contributed by atoms with van der Waals surface area (Å²) < 4.78 is 6.47. The van der Waals surface area contributed by atoms with E-state index in [9.17, 15) is 0 Å². The van der Waals surface area contributed by atoms with E-state index in [2.05, 4.69) is 72.3 Å². The Hall–Kier alpha value is -1.32. The quantitative estimate of drug-likeness (QED) is 0.840. The van der Waals surface area contributed by atoms with Crippen LogP contribution in [0.3, 0.4) is 0 Å². The van der Waals surface area contributed by atoms with Crippen molar-refractivity contribution in [3.05, 3.63) is 63.1 Å². The highest BCUT2D eigenvalue weighted by Gasteiger charge is 2.16. The monoisotopic (exact) mass is 347 g/mol. The fourth-order valence-corrected chi connectivity index (χ4v) is 2.99. The van der Waals surface area contributed by atoms with Crippen LogP contribution in [0.1, 0.15) is 35.2 Å². The fourth-order valence-electron chi connectivity index (χ4n) is 2.62. The van der Waals surface area contributed by atoms with Gasteiger partial charge in [-0.3, -0.25) is 0 Å². The second-order valence-corrected chi connectivity index (χ2v) is 6.14. The number of nitrogens with one attached hydrogen (secondary N) is 1. The summed E-state index contributed by atoms with van der Waals surface area (Å²) in [6.07, 6.45) is 0. The molecule has 0 aromatic heterocycles. The van der Waals surface area contributed by atoms with E-state index in [-0.39, 0.29) is 6.04 Å². The number of rotatable bonds is 5. The number of hydrogen-bond donors (Lipinski definition) is 1. The first kappa shape index (κ1) is 16.1. The Balaban J connectivity index is 2.48. The van der Waals surface area contributed by atoms with Gasteiger partial charge in [-0.1, -0.05) is 41.1 Å². The summed E-state index contributed by atoms with van der Waals surface area (Å²) in [7, 11) is 1.71. The Kier molecular flexibility index (Phi) is 5.43. The Morgan fingerprint density at radius 3 is 2.48 bits per heavy atom. The Labute approximate surface area is 135 Å². The number of aryl methyl sites for hydroxylation is 2. The first-order valence-electron chi connectivity index (χ1n) is 7.20. The van der Waals surface area contributed by atoms with Crippen molar-refractivity contribution in [3.63, 3.8) is 0 Å². The van der Waals surface area contributed by atoms with Crippen LogP contribution in [-0.4, -0.2) is 13.7 Å². The van der Waals surface area contributed by atoms with Gasteiger partial charge in [-0.2, -0.15) is 0 Å². The van der Waals surface area contributed by atoms with Gasteiger partial charge in [0.15, 0.2) is 0 Å². The van der Waals surface area contributed by atoms with Crippen molar-refractivity contribution in [1.29, 1.82) is 0 Å². The van der Waals surface area contributed by atoms with Gasteiger partial charge in [-0.25, -0.2) is 0 Å². The van der Waals surface area contributed by atoms with Crippen LogP contribution in [0.4, 0.5) is 0 Å². The van der Waals surface area contributed by atoms with Gasteiger partial charge in [0, 0.05) is 4.47 Å². The van der Waals surface area contributed by atoms with Crippen molar-refractivity contribution in [3.8, 4) is 5.75 Å². The molecular formula is C18H22BrNO. The third kappa shape index (κ3) is 3.66. The molecule has 0 aliphatic rings. The maximum Gasteiger partial charge on any atom is 0.121 e. The van der Waals surface area contributed by atoms with Crippen molar-refractivity contribution < 1.29 is 4.74 Å². The molecule has 0 spiro atoms. The predicted molar refractivity (Wildman–Crippen MR) is 92.1 cm³/mol. The maximum atomic E-state index is 5.36. The molecule has 0 saturated carbocycles. The second kappa shape index (κ2) is 7.10. The molecule has 21 heavy (non-hydrogen) atoms. The van der Waals surface area contributed by atoms with Crippen LogP contribution < -0.4 is 10.1 Å². The van der Waals surface area contributed by atoms with E-state index in [1.54, 1.807) is 7.11 Å². The Morgan fingerprint density at radius 1 is 1.10 bits per heavy atom. The summed E-state index contributed by atoms with van der Waals surface area (Å²) in [6.45, 7) is 7.29. The van der Waals surface area contributed by atoms with Gasteiger partial charge < -0.3 is 10.1 Å². The van der Waals surface area contributed by atoms with Crippen molar-refractivity contribution in [2.45, 2.75) is 26.8 Å². The highest BCUT2D eigenvalue weighted by Crippen LogP contribution is 2.30. The van der Waals surface area contributed by atoms with Crippen molar-refractivity contribution in [2.75, 3.05) is 13.7 Å². The highest BCUT2D eigenvalue weighted by molar-refractivity contribution is 9.10. The van der Waals surface area contributed by atoms with E-state index in [0.717, 1.165) is 22.3 Å². The van der Waals surface area contributed by atoms with Gasteiger partial charge in [-0.15, -0.1) is 0 Å². The first-order valence-corrected chi connectivity index (χ1v) is 8.00. The van der Waals surface area contributed by atoms with Crippen molar-refractivity contribution >= 4 is 15.9 Å². The number of ether oxygens (including phenoxy) is 1. The Bertz CT molecular complexity index is 625. The topological polar surface area (TPSA) is 21.3 Å². The highest BCUT2D eigenvalue weighted by atomic mass is 79.9. The molecule has 3 heteroatoms. The van der Waals surface area contributed by atoms with Crippen molar-refractivity contribution in [2.24, 2.45) is 0 Å². The lowest BCUT2D eigenvalue weighted by atomic mass is 9.94. The van der Waals surface area contributed by atoms with E-state index >= 15 is 0 Å². The number of methoxy groups -OCH3 is 1. The molecule has 2 rings (SSSR count). The summed E-state index contributed by atoms with van der Waals surface area (Å²) in [5.74, 6) is 0.931. The van der Waals surface area contributed by atoms with Crippen LogP contribution in [0, 0.1) is 13.8 Å². The lowest BCUT2D eigenvalue weighted by Crippen LogP contribution is -2.23. The number of halogens is 1. The van der Waals surface area contributed by atoms with Crippen LogP contribution in [-0.2, 0) is 0 Å². The second-order valence-electron chi connectivity index (χ2n) is 5.22. The van der Waals surface area contributed by atoms with E-state index < -0.39 is 0 Å². The molecule has 2 nitrogen and oxygen atoms in total. The fraction of sp³-hybridized carbons (Fsp3) is 0.333. The van der Waals surface area contributed by atoms with Crippen molar-refractivity contribution in [1.82, 2.24) is 5.32 Å². The molecule has 1 unspecified atom stereocenters. The van der Waals surface area contributed by atoms with Crippen LogP contribution in [0.15, 0.2) is 40.9 Å². The first-order chi connectivity index (χ1) is 10.1. The van der Waals surface area contributed by atoms with Crippen LogP contribution in [0.2, 0.25) is 0 Å². The summed E-state index contributed by atoms with van der Waals surface area (Å²) >= 11 is 3.58. The molecule has 112 valence electrons.